The molecule has 2 aromatic carbocycles. The molecule has 5 nitrogen and oxygen atoms in total. The van der Waals surface area contributed by atoms with Crippen LogP contribution in [-0.4, -0.2) is 30.1 Å². The summed E-state index contributed by atoms with van der Waals surface area (Å²) in [5.74, 6) is -0.732. The second-order valence-electron chi connectivity index (χ2n) is 6.30. The summed E-state index contributed by atoms with van der Waals surface area (Å²) in [6.07, 6.45) is 0. The number of carbonyl (C=O) groups is 1. The van der Waals surface area contributed by atoms with Crippen molar-refractivity contribution in [1.29, 1.82) is 0 Å². The van der Waals surface area contributed by atoms with Crippen LogP contribution in [0.1, 0.15) is 17.4 Å². The number of amides is 1. The van der Waals surface area contributed by atoms with Crippen molar-refractivity contribution in [2.45, 2.75) is 12.6 Å². The first-order valence-electron chi connectivity index (χ1n) is 8.36. The van der Waals surface area contributed by atoms with Crippen molar-refractivity contribution >= 4 is 5.91 Å². The lowest BCUT2D eigenvalue weighted by Gasteiger charge is -2.23. The van der Waals surface area contributed by atoms with Crippen molar-refractivity contribution in [1.82, 2.24) is 15.4 Å². The fraction of sp³-hybridized carbons (Fsp3) is 0.200. The molecule has 3 rings (SSSR count). The minimum Gasteiger partial charge on any atom is -0.359 e. The Morgan fingerprint density at radius 1 is 1.15 bits per heavy atom. The Labute approximate surface area is 155 Å². The Morgan fingerprint density at radius 3 is 2.63 bits per heavy atom. The molecule has 1 N–H and O–H groups in total. The number of nitrogens with zero attached hydrogens (tertiary/aromatic N) is 2. The SMILES string of the molecule is CN(C)[C@H](C(=O)NCc1cc(-c2ccccc2F)no1)c1cccc(F)c1. The largest absolute Gasteiger partial charge is 0.359 e. The Balaban J connectivity index is 1.70. The molecule has 140 valence electrons. The molecule has 0 saturated carbocycles. The zero-order chi connectivity index (χ0) is 19.4. The molecule has 0 aliphatic rings. The second-order valence-corrected chi connectivity index (χ2v) is 6.30. The Bertz CT molecular complexity index is 940. The zero-order valence-corrected chi connectivity index (χ0v) is 14.9. The van der Waals surface area contributed by atoms with Crippen molar-refractivity contribution in [2.75, 3.05) is 14.1 Å². The van der Waals surface area contributed by atoms with Crippen LogP contribution >= 0.6 is 0 Å². The van der Waals surface area contributed by atoms with Crippen molar-refractivity contribution in [3.05, 3.63) is 77.6 Å². The monoisotopic (exact) mass is 371 g/mol. The summed E-state index contributed by atoms with van der Waals surface area (Å²) in [4.78, 5) is 14.3. The third-order valence-corrected chi connectivity index (χ3v) is 4.07. The van der Waals surface area contributed by atoms with Gasteiger partial charge in [-0.1, -0.05) is 29.4 Å². The smallest absolute Gasteiger partial charge is 0.242 e. The van der Waals surface area contributed by atoms with E-state index in [9.17, 15) is 13.6 Å². The van der Waals surface area contributed by atoms with E-state index in [2.05, 4.69) is 10.5 Å². The molecule has 1 aromatic heterocycles. The maximum Gasteiger partial charge on any atom is 0.242 e. The molecular formula is C20H19F2N3O2. The topological polar surface area (TPSA) is 58.4 Å². The van der Waals surface area contributed by atoms with Crippen molar-refractivity contribution in [3.8, 4) is 11.3 Å². The van der Waals surface area contributed by atoms with Crippen LogP contribution in [0.5, 0.6) is 0 Å². The van der Waals surface area contributed by atoms with Gasteiger partial charge in [0.05, 0.1) is 6.54 Å². The van der Waals surface area contributed by atoms with E-state index in [1.165, 1.54) is 18.2 Å². The van der Waals surface area contributed by atoms with E-state index in [1.54, 1.807) is 55.4 Å². The van der Waals surface area contributed by atoms with Crippen LogP contribution in [0, 0.1) is 11.6 Å². The number of halogens is 2. The summed E-state index contributed by atoms with van der Waals surface area (Å²) in [6, 6.07) is 13.1. The molecule has 0 fully saturated rings. The van der Waals surface area contributed by atoms with Crippen LogP contribution in [0.15, 0.2) is 59.1 Å². The van der Waals surface area contributed by atoms with E-state index in [1.807, 2.05) is 0 Å². The van der Waals surface area contributed by atoms with E-state index in [0.717, 1.165) is 0 Å². The van der Waals surface area contributed by atoms with Gasteiger partial charge in [0.15, 0.2) is 5.76 Å². The molecule has 0 bridgehead atoms. The predicted molar refractivity (Wildman–Crippen MR) is 96.6 cm³/mol. The van der Waals surface area contributed by atoms with E-state index in [0.29, 0.717) is 22.6 Å². The molecule has 1 amide bonds. The van der Waals surface area contributed by atoms with Gasteiger partial charge in [0.1, 0.15) is 23.4 Å². The maximum atomic E-state index is 13.8. The summed E-state index contributed by atoms with van der Waals surface area (Å²) in [6.45, 7) is 0.0833. The molecule has 7 heteroatoms. The van der Waals surface area contributed by atoms with E-state index in [4.69, 9.17) is 4.52 Å². The van der Waals surface area contributed by atoms with Crippen molar-refractivity contribution in [3.63, 3.8) is 0 Å². The highest BCUT2D eigenvalue weighted by Gasteiger charge is 2.23. The van der Waals surface area contributed by atoms with Crippen LogP contribution in [0.4, 0.5) is 8.78 Å². The number of benzene rings is 2. The number of hydrogen-bond donors (Lipinski definition) is 1. The summed E-state index contributed by atoms with van der Waals surface area (Å²) in [7, 11) is 3.47. The third-order valence-electron chi connectivity index (χ3n) is 4.07. The number of aromatic nitrogens is 1. The standard InChI is InChI=1S/C20H19F2N3O2/c1-25(2)19(13-6-5-7-14(21)10-13)20(26)23-12-15-11-18(24-27-15)16-8-3-4-9-17(16)22/h3-11,19H,12H2,1-2H3,(H,23,26)/t19-/m0/s1. The summed E-state index contributed by atoms with van der Waals surface area (Å²) in [5.41, 5.74) is 1.22. The van der Waals surface area contributed by atoms with Gasteiger partial charge in [-0.2, -0.15) is 0 Å². The quantitative estimate of drug-likeness (QED) is 0.720. The zero-order valence-electron chi connectivity index (χ0n) is 14.9. The predicted octanol–water partition coefficient (Wildman–Crippen LogP) is 3.54. The molecule has 27 heavy (non-hydrogen) atoms. The summed E-state index contributed by atoms with van der Waals surface area (Å²) in [5, 5.41) is 6.60. The Morgan fingerprint density at radius 2 is 1.93 bits per heavy atom. The van der Waals surface area contributed by atoms with Gasteiger partial charge in [0, 0.05) is 11.6 Å². The molecule has 0 aliphatic heterocycles. The molecule has 0 aliphatic carbocycles. The van der Waals surface area contributed by atoms with Crippen molar-refractivity contribution < 1.29 is 18.1 Å². The number of likely N-dealkylation sites (N-methyl/N-ethyl adjacent to an activating group) is 1. The Kier molecular flexibility index (Phi) is 5.61. The van der Waals surface area contributed by atoms with E-state index >= 15 is 0 Å². The Hall–Kier alpha value is -3.06. The molecule has 0 radical (unpaired) electrons. The molecule has 1 heterocycles. The van der Waals surface area contributed by atoms with Crippen LogP contribution in [0.3, 0.4) is 0 Å². The average molecular weight is 371 g/mol. The van der Waals surface area contributed by atoms with Gasteiger partial charge in [-0.25, -0.2) is 8.78 Å². The van der Waals surface area contributed by atoms with Gasteiger partial charge >= 0.3 is 0 Å². The number of hydrogen-bond acceptors (Lipinski definition) is 4. The average Bonchev–Trinajstić information content (AvgIpc) is 3.09. The van der Waals surface area contributed by atoms with Crippen LogP contribution in [0.25, 0.3) is 11.3 Å². The van der Waals surface area contributed by atoms with Gasteiger partial charge in [0.2, 0.25) is 5.91 Å². The van der Waals surface area contributed by atoms with Gasteiger partial charge < -0.3 is 9.84 Å². The molecule has 0 unspecified atom stereocenters. The highest BCUT2D eigenvalue weighted by Crippen LogP contribution is 2.23. The van der Waals surface area contributed by atoms with Gasteiger partial charge in [0.25, 0.3) is 0 Å². The lowest BCUT2D eigenvalue weighted by atomic mass is 10.1. The summed E-state index contributed by atoms with van der Waals surface area (Å²) >= 11 is 0. The minimum absolute atomic E-state index is 0.0833. The maximum absolute atomic E-state index is 13.8. The molecule has 0 saturated heterocycles. The van der Waals surface area contributed by atoms with E-state index < -0.39 is 17.7 Å². The number of nitrogens with one attached hydrogen (secondary N) is 1. The highest BCUT2D eigenvalue weighted by atomic mass is 19.1. The lowest BCUT2D eigenvalue weighted by Crippen LogP contribution is -2.36. The molecule has 3 aromatic rings. The second kappa shape index (κ2) is 8.09. The van der Waals surface area contributed by atoms with Crippen LogP contribution in [-0.2, 0) is 11.3 Å². The third kappa shape index (κ3) is 4.38. The first kappa shape index (κ1) is 18.7. The summed E-state index contributed by atoms with van der Waals surface area (Å²) < 4.78 is 32.5. The lowest BCUT2D eigenvalue weighted by molar-refractivity contribution is -0.126. The molecular weight excluding hydrogens is 352 g/mol. The van der Waals surface area contributed by atoms with Gasteiger partial charge in [-0.05, 0) is 43.9 Å². The number of rotatable bonds is 6. The first-order chi connectivity index (χ1) is 13.0. The normalized spacial score (nSPS) is 12.2. The van der Waals surface area contributed by atoms with Gasteiger partial charge in [-0.15, -0.1) is 0 Å². The van der Waals surface area contributed by atoms with Crippen LogP contribution < -0.4 is 5.32 Å². The number of carbonyl (C=O) groups excluding carboxylic acids is 1. The van der Waals surface area contributed by atoms with Gasteiger partial charge in [-0.3, -0.25) is 9.69 Å². The van der Waals surface area contributed by atoms with Crippen LogP contribution in [0.2, 0.25) is 0 Å². The first-order valence-corrected chi connectivity index (χ1v) is 8.36. The van der Waals surface area contributed by atoms with E-state index in [-0.39, 0.29) is 12.5 Å². The fourth-order valence-electron chi connectivity index (χ4n) is 2.82. The fourth-order valence-corrected chi connectivity index (χ4v) is 2.82. The molecule has 0 spiro atoms. The minimum atomic E-state index is -0.658. The van der Waals surface area contributed by atoms with Crippen molar-refractivity contribution in [2.24, 2.45) is 0 Å². The highest BCUT2D eigenvalue weighted by molar-refractivity contribution is 5.83. The molecule has 1 atom stereocenters.